The van der Waals surface area contributed by atoms with E-state index >= 15 is 0 Å². The smallest absolute Gasteiger partial charge is 0.243 e. The number of aromatic nitrogens is 4. The van der Waals surface area contributed by atoms with Crippen molar-refractivity contribution in [2.45, 2.75) is 20.0 Å². The van der Waals surface area contributed by atoms with Gasteiger partial charge in [-0.2, -0.15) is 0 Å². The van der Waals surface area contributed by atoms with Crippen LogP contribution in [0.3, 0.4) is 0 Å². The maximum Gasteiger partial charge on any atom is 0.243 e. The Morgan fingerprint density at radius 1 is 1.24 bits per heavy atom. The van der Waals surface area contributed by atoms with Gasteiger partial charge in [0, 0.05) is 6.54 Å². The van der Waals surface area contributed by atoms with Crippen molar-refractivity contribution in [1.82, 2.24) is 20.2 Å². The Kier molecular flexibility index (Phi) is 3.63. The fourth-order valence-electron chi connectivity index (χ4n) is 1.99. The molecule has 0 saturated carbocycles. The van der Waals surface area contributed by atoms with E-state index in [0.29, 0.717) is 36.1 Å². The van der Waals surface area contributed by atoms with E-state index < -0.39 is 0 Å². The van der Waals surface area contributed by atoms with Gasteiger partial charge in [0.15, 0.2) is 0 Å². The second-order valence-corrected chi connectivity index (χ2v) is 4.42. The molecule has 0 aliphatic rings. The van der Waals surface area contributed by atoms with Crippen LogP contribution < -0.4 is 5.32 Å². The number of aryl methyl sites for hydroxylation is 1. The number of tetrazole rings is 1. The average Bonchev–Trinajstić information content (AvgIpc) is 3.14. The van der Waals surface area contributed by atoms with Crippen molar-refractivity contribution in [3.8, 4) is 11.3 Å². The van der Waals surface area contributed by atoms with Crippen LogP contribution in [0.15, 0.2) is 40.8 Å². The second-order valence-electron chi connectivity index (χ2n) is 4.42. The van der Waals surface area contributed by atoms with Crippen molar-refractivity contribution in [3.63, 3.8) is 0 Å². The summed E-state index contributed by atoms with van der Waals surface area (Å²) in [5.74, 6) is 1.45. The number of rotatable bonds is 5. The van der Waals surface area contributed by atoms with E-state index in [9.17, 15) is 4.39 Å². The molecule has 0 saturated heterocycles. The molecule has 0 atom stereocenters. The molecule has 0 radical (unpaired) electrons. The van der Waals surface area contributed by atoms with Crippen LogP contribution in [0.5, 0.6) is 0 Å². The summed E-state index contributed by atoms with van der Waals surface area (Å²) in [6.07, 6.45) is 0. The molecule has 1 N–H and O–H groups in total. The first-order valence-corrected chi connectivity index (χ1v) is 6.61. The van der Waals surface area contributed by atoms with Gasteiger partial charge in [0.25, 0.3) is 0 Å². The van der Waals surface area contributed by atoms with Gasteiger partial charge in [0.2, 0.25) is 5.95 Å². The molecule has 108 valence electrons. The van der Waals surface area contributed by atoms with E-state index in [1.54, 1.807) is 35.0 Å². The van der Waals surface area contributed by atoms with Crippen molar-refractivity contribution in [1.29, 1.82) is 0 Å². The first-order valence-electron chi connectivity index (χ1n) is 6.61. The Labute approximate surface area is 120 Å². The first kappa shape index (κ1) is 13.3. The van der Waals surface area contributed by atoms with Gasteiger partial charge in [0.1, 0.15) is 17.3 Å². The largest absolute Gasteiger partial charge is 0.459 e. The van der Waals surface area contributed by atoms with E-state index in [2.05, 4.69) is 20.8 Å². The van der Waals surface area contributed by atoms with Crippen LogP contribution in [0.1, 0.15) is 12.7 Å². The first-order chi connectivity index (χ1) is 10.3. The zero-order valence-corrected chi connectivity index (χ0v) is 11.5. The maximum absolute atomic E-state index is 13.7. The number of nitrogens with one attached hydrogen (secondary N) is 1. The van der Waals surface area contributed by atoms with Gasteiger partial charge in [-0.05, 0) is 41.6 Å². The van der Waals surface area contributed by atoms with Gasteiger partial charge in [-0.3, -0.25) is 0 Å². The predicted molar refractivity (Wildman–Crippen MR) is 74.9 cm³/mol. The van der Waals surface area contributed by atoms with E-state index in [4.69, 9.17) is 4.42 Å². The lowest BCUT2D eigenvalue weighted by molar-refractivity contribution is 0.523. The molecule has 0 spiro atoms. The molecule has 2 heterocycles. The van der Waals surface area contributed by atoms with E-state index in [-0.39, 0.29) is 5.82 Å². The molecule has 0 fully saturated rings. The number of halogens is 1. The van der Waals surface area contributed by atoms with Gasteiger partial charge in [-0.15, -0.1) is 0 Å². The number of benzene rings is 1. The molecular formula is C14H14FN5O. The maximum atomic E-state index is 13.7. The average molecular weight is 287 g/mol. The molecule has 7 heteroatoms. The summed E-state index contributed by atoms with van der Waals surface area (Å²) >= 11 is 0. The molecule has 0 bridgehead atoms. The summed E-state index contributed by atoms with van der Waals surface area (Å²) in [6.45, 7) is 3.05. The Bertz CT molecular complexity index is 736. The minimum Gasteiger partial charge on any atom is -0.459 e. The molecule has 1 aromatic carbocycles. The molecular weight excluding hydrogens is 273 g/mol. The van der Waals surface area contributed by atoms with Crippen molar-refractivity contribution in [3.05, 3.63) is 48.0 Å². The number of hydrogen-bond donors (Lipinski definition) is 1. The molecule has 21 heavy (non-hydrogen) atoms. The second kappa shape index (κ2) is 5.74. The van der Waals surface area contributed by atoms with E-state index in [1.807, 2.05) is 6.92 Å². The van der Waals surface area contributed by atoms with Crippen LogP contribution in [-0.4, -0.2) is 20.2 Å². The SMILES string of the molecule is CCn1nnnc1NCc1ccc(-c2ccccc2F)o1. The van der Waals surface area contributed by atoms with E-state index in [1.165, 1.54) is 6.07 Å². The molecule has 0 unspecified atom stereocenters. The highest BCUT2D eigenvalue weighted by atomic mass is 19.1. The highest BCUT2D eigenvalue weighted by molar-refractivity contribution is 5.58. The van der Waals surface area contributed by atoms with Crippen LogP contribution in [0.4, 0.5) is 10.3 Å². The van der Waals surface area contributed by atoms with Gasteiger partial charge in [-0.25, -0.2) is 9.07 Å². The lowest BCUT2D eigenvalue weighted by Crippen LogP contribution is -2.07. The van der Waals surface area contributed by atoms with Crippen molar-refractivity contribution in [2.24, 2.45) is 0 Å². The van der Waals surface area contributed by atoms with Crippen molar-refractivity contribution < 1.29 is 8.81 Å². The van der Waals surface area contributed by atoms with Crippen LogP contribution in [0.25, 0.3) is 11.3 Å². The highest BCUT2D eigenvalue weighted by Crippen LogP contribution is 2.24. The molecule has 2 aromatic heterocycles. The molecule has 0 aliphatic heterocycles. The van der Waals surface area contributed by atoms with Crippen molar-refractivity contribution in [2.75, 3.05) is 5.32 Å². The Morgan fingerprint density at radius 3 is 2.90 bits per heavy atom. The molecule has 3 rings (SSSR count). The van der Waals surface area contributed by atoms with Gasteiger partial charge in [-0.1, -0.05) is 17.2 Å². The fourth-order valence-corrected chi connectivity index (χ4v) is 1.99. The third-order valence-corrected chi connectivity index (χ3v) is 3.05. The number of anilines is 1. The monoisotopic (exact) mass is 287 g/mol. The summed E-state index contributed by atoms with van der Waals surface area (Å²) in [5.41, 5.74) is 0.446. The van der Waals surface area contributed by atoms with Crippen LogP contribution in [0, 0.1) is 5.82 Å². The van der Waals surface area contributed by atoms with Gasteiger partial charge < -0.3 is 9.73 Å². The van der Waals surface area contributed by atoms with Crippen LogP contribution in [0.2, 0.25) is 0 Å². The topological polar surface area (TPSA) is 68.8 Å². The third-order valence-electron chi connectivity index (χ3n) is 3.05. The van der Waals surface area contributed by atoms with Crippen LogP contribution in [-0.2, 0) is 13.1 Å². The Hall–Kier alpha value is -2.70. The predicted octanol–water partition coefficient (Wildman–Crippen LogP) is 2.70. The zero-order valence-electron chi connectivity index (χ0n) is 11.5. The van der Waals surface area contributed by atoms with Crippen LogP contribution >= 0.6 is 0 Å². The minimum atomic E-state index is -0.304. The standard InChI is InChI=1S/C14H14FN5O/c1-2-20-14(17-18-19-20)16-9-10-7-8-13(21-10)11-5-3-4-6-12(11)15/h3-8H,2,9H2,1H3,(H,16,17,19). The number of hydrogen-bond acceptors (Lipinski definition) is 5. The molecule has 0 amide bonds. The number of furan rings is 1. The normalized spacial score (nSPS) is 10.8. The lowest BCUT2D eigenvalue weighted by atomic mass is 10.1. The summed E-state index contributed by atoms with van der Waals surface area (Å²) in [5, 5.41) is 14.4. The van der Waals surface area contributed by atoms with Crippen molar-refractivity contribution >= 4 is 5.95 Å². The molecule has 0 aliphatic carbocycles. The summed E-state index contributed by atoms with van der Waals surface area (Å²) in [6, 6.07) is 10.1. The summed E-state index contributed by atoms with van der Waals surface area (Å²) in [7, 11) is 0. The third kappa shape index (κ3) is 2.76. The summed E-state index contributed by atoms with van der Waals surface area (Å²) in [4.78, 5) is 0. The minimum absolute atomic E-state index is 0.304. The lowest BCUT2D eigenvalue weighted by Gasteiger charge is -2.03. The fraction of sp³-hybridized carbons (Fsp3) is 0.214. The highest BCUT2D eigenvalue weighted by Gasteiger charge is 2.10. The summed E-state index contributed by atoms with van der Waals surface area (Å²) < 4.78 is 21.0. The zero-order chi connectivity index (χ0) is 14.7. The Morgan fingerprint density at radius 2 is 2.10 bits per heavy atom. The van der Waals surface area contributed by atoms with Gasteiger partial charge in [0.05, 0.1) is 12.1 Å². The quantitative estimate of drug-likeness (QED) is 0.781. The molecule has 6 nitrogen and oxygen atoms in total. The Balaban J connectivity index is 1.73. The van der Waals surface area contributed by atoms with Gasteiger partial charge >= 0.3 is 0 Å². The van der Waals surface area contributed by atoms with E-state index in [0.717, 1.165) is 0 Å². The number of nitrogens with zero attached hydrogens (tertiary/aromatic N) is 4. The molecule has 3 aromatic rings.